The Hall–Kier alpha value is -0.930. The lowest BCUT2D eigenvalue weighted by Crippen LogP contribution is -2.36. The van der Waals surface area contributed by atoms with Gasteiger partial charge in [0, 0.05) is 12.1 Å². The summed E-state index contributed by atoms with van der Waals surface area (Å²) in [6.07, 6.45) is 2.88. The number of hydrogen-bond acceptors (Lipinski definition) is 2. The molecule has 2 unspecified atom stereocenters. The molecule has 2 rings (SSSR count). The molecule has 2 N–H and O–H groups in total. The standard InChI is InChI=1S/C15H22FNO/c1-10(2)7-13(9-18)17-15-6-3-11-8-12(16)4-5-14(11)15/h4-5,8,10,13,15,17-18H,3,6-7,9H2,1-2H3. The summed E-state index contributed by atoms with van der Waals surface area (Å²) in [5.74, 6) is 0.402. The van der Waals surface area contributed by atoms with E-state index in [-0.39, 0.29) is 24.5 Å². The molecular weight excluding hydrogens is 229 g/mol. The Labute approximate surface area is 108 Å². The molecule has 0 bridgehead atoms. The van der Waals surface area contributed by atoms with E-state index in [0.717, 1.165) is 24.8 Å². The quantitative estimate of drug-likeness (QED) is 0.843. The van der Waals surface area contributed by atoms with Crippen LogP contribution in [-0.4, -0.2) is 17.8 Å². The molecule has 3 heteroatoms. The fourth-order valence-electron chi connectivity index (χ4n) is 2.81. The van der Waals surface area contributed by atoms with E-state index in [1.54, 1.807) is 6.07 Å². The molecule has 2 nitrogen and oxygen atoms in total. The normalized spacial score (nSPS) is 20.2. The highest BCUT2D eigenvalue weighted by molar-refractivity contribution is 5.35. The summed E-state index contributed by atoms with van der Waals surface area (Å²) in [5, 5.41) is 12.9. The Bertz CT molecular complexity index is 405. The number of rotatable bonds is 5. The lowest BCUT2D eigenvalue weighted by Gasteiger charge is -2.23. The fourth-order valence-corrected chi connectivity index (χ4v) is 2.81. The van der Waals surface area contributed by atoms with Crippen LogP contribution in [0.2, 0.25) is 0 Å². The van der Waals surface area contributed by atoms with Crippen LogP contribution < -0.4 is 5.32 Å². The summed E-state index contributed by atoms with van der Waals surface area (Å²) in [6.45, 7) is 4.47. The van der Waals surface area contributed by atoms with E-state index in [1.165, 1.54) is 11.6 Å². The van der Waals surface area contributed by atoms with E-state index in [2.05, 4.69) is 19.2 Å². The van der Waals surface area contributed by atoms with Crippen LogP contribution >= 0.6 is 0 Å². The molecule has 0 fully saturated rings. The molecule has 1 aromatic carbocycles. The highest BCUT2D eigenvalue weighted by Crippen LogP contribution is 2.32. The third-order valence-corrected chi connectivity index (χ3v) is 3.60. The molecule has 1 aliphatic rings. The minimum atomic E-state index is -0.157. The van der Waals surface area contributed by atoms with E-state index in [0.29, 0.717) is 5.92 Å². The summed E-state index contributed by atoms with van der Waals surface area (Å²) in [6, 6.07) is 5.42. The van der Waals surface area contributed by atoms with Gasteiger partial charge in [0.1, 0.15) is 5.82 Å². The zero-order chi connectivity index (χ0) is 13.1. The number of hydrogen-bond donors (Lipinski definition) is 2. The molecule has 0 aliphatic heterocycles. The third kappa shape index (κ3) is 3.09. The first-order chi connectivity index (χ1) is 8.60. The van der Waals surface area contributed by atoms with Gasteiger partial charge in [-0.25, -0.2) is 4.39 Å². The van der Waals surface area contributed by atoms with Gasteiger partial charge < -0.3 is 10.4 Å². The molecular formula is C15H22FNO. The minimum absolute atomic E-state index is 0.131. The van der Waals surface area contributed by atoms with Gasteiger partial charge in [-0.1, -0.05) is 19.9 Å². The lowest BCUT2D eigenvalue weighted by molar-refractivity contribution is 0.212. The molecule has 0 radical (unpaired) electrons. The van der Waals surface area contributed by atoms with Crippen LogP contribution in [0.5, 0.6) is 0 Å². The van der Waals surface area contributed by atoms with Gasteiger partial charge in [0.05, 0.1) is 6.61 Å². The van der Waals surface area contributed by atoms with Crippen molar-refractivity contribution < 1.29 is 9.50 Å². The monoisotopic (exact) mass is 251 g/mol. The van der Waals surface area contributed by atoms with E-state index in [9.17, 15) is 9.50 Å². The maximum absolute atomic E-state index is 13.1. The van der Waals surface area contributed by atoms with Crippen molar-refractivity contribution in [1.29, 1.82) is 0 Å². The number of fused-ring (bicyclic) bond motifs is 1. The fraction of sp³-hybridized carbons (Fsp3) is 0.600. The van der Waals surface area contributed by atoms with E-state index >= 15 is 0 Å². The van der Waals surface area contributed by atoms with Crippen molar-refractivity contribution in [3.05, 3.63) is 35.1 Å². The number of halogens is 1. The summed E-state index contributed by atoms with van der Waals surface area (Å²) >= 11 is 0. The maximum atomic E-state index is 13.1. The van der Waals surface area contributed by atoms with Gasteiger partial charge in [-0.15, -0.1) is 0 Å². The van der Waals surface area contributed by atoms with Gasteiger partial charge in [-0.2, -0.15) is 0 Å². The number of aryl methyl sites for hydroxylation is 1. The van der Waals surface area contributed by atoms with Crippen LogP contribution in [0, 0.1) is 11.7 Å². The second-order valence-corrected chi connectivity index (χ2v) is 5.61. The SMILES string of the molecule is CC(C)CC(CO)NC1CCc2cc(F)ccc21. The molecule has 1 aliphatic carbocycles. The Morgan fingerprint density at radius 3 is 2.89 bits per heavy atom. The number of benzene rings is 1. The summed E-state index contributed by atoms with van der Waals surface area (Å²) < 4.78 is 13.1. The second kappa shape index (κ2) is 5.81. The first-order valence-electron chi connectivity index (χ1n) is 6.75. The molecule has 0 saturated heterocycles. The largest absolute Gasteiger partial charge is 0.395 e. The van der Waals surface area contributed by atoms with Crippen molar-refractivity contribution in [3.63, 3.8) is 0 Å². The Morgan fingerprint density at radius 2 is 2.22 bits per heavy atom. The molecule has 0 heterocycles. The topological polar surface area (TPSA) is 32.3 Å². The van der Waals surface area contributed by atoms with Crippen molar-refractivity contribution in [2.45, 2.75) is 45.2 Å². The minimum Gasteiger partial charge on any atom is -0.395 e. The second-order valence-electron chi connectivity index (χ2n) is 5.61. The lowest BCUT2D eigenvalue weighted by atomic mass is 10.0. The van der Waals surface area contributed by atoms with Crippen LogP contribution in [0.3, 0.4) is 0 Å². The highest BCUT2D eigenvalue weighted by atomic mass is 19.1. The summed E-state index contributed by atoms with van der Waals surface area (Å²) in [7, 11) is 0. The van der Waals surface area contributed by atoms with Crippen molar-refractivity contribution in [2.24, 2.45) is 5.92 Å². The predicted octanol–water partition coefficient (Wildman–Crippen LogP) is 2.81. The predicted molar refractivity (Wildman–Crippen MR) is 70.9 cm³/mol. The Balaban J connectivity index is 2.04. The number of nitrogens with one attached hydrogen (secondary N) is 1. The van der Waals surface area contributed by atoms with Crippen molar-refractivity contribution in [3.8, 4) is 0 Å². The Morgan fingerprint density at radius 1 is 1.44 bits per heavy atom. The number of aliphatic hydroxyl groups is 1. The zero-order valence-electron chi connectivity index (χ0n) is 11.1. The molecule has 0 amide bonds. The molecule has 1 aromatic rings. The van der Waals surface area contributed by atoms with Crippen molar-refractivity contribution in [2.75, 3.05) is 6.61 Å². The molecule has 0 saturated carbocycles. The first-order valence-corrected chi connectivity index (χ1v) is 6.75. The van der Waals surface area contributed by atoms with Crippen LogP contribution in [0.25, 0.3) is 0 Å². The molecule has 0 spiro atoms. The Kier molecular flexibility index (Phi) is 4.36. The molecule has 2 atom stereocenters. The van der Waals surface area contributed by atoms with E-state index < -0.39 is 0 Å². The van der Waals surface area contributed by atoms with Gasteiger partial charge in [0.25, 0.3) is 0 Å². The highest BCUT2D eigenvalue weighted by Gasteiger charge is 2.25. The van der Waals surface area contributed by atoms with Crippen LogP contribution in [-0.2, 0) is 6.42 Å². The smallest absolute Gasteiger partial charge is 0.123 e. The number of aliphatic hydroxyl groups excluding tert-OH is 1. The average molecular weight is 251 g/mol. The maximum Gasteiger partial charge on any atom is 0.123 e. The van der Waals surface area contributed by atoms with Crippen molar-refractivity contribution in [1.82, 2.24) is 5.32 Å². The van der Waals surface area contributed by atoms with Gasteiger partial charge in [-0.05, 0) is 48.4 Å². The molecule has 0 aromatic heterocycles. The van der Waals surface area contributed by atoms with Crippen LogP contribution in [0.15, 0.2) is 18.2 Å². The average Bonchev–Trinajstić information content (AvgIpc) is 2.70. The molecule has 18 heavy (non-hydrogen) atoms. The van der Waals surface area contributed by atoms with E-state index in [1.807, 2.05) is 6.07 Å². The van der Waals surface area contributed by atoms with Gasteiger partial charge in [0.15, 0.2) is 0 Å². The molecule has 100 valence electrons. The van der Waals surface area contributed by atoms with Crippen LogP contribution in [0.4, 0.5) is 4.39 Å². The zero-order valence-corrected chi connectivity index (χ0v) is 11.1. The van der Waals surface area contributed by atoms with Crippen molar-refractivity contribution >= 4 is 0 Å². The third-order valence-electron chi connectivity index (χ3n) is 3.60. The van der Waals surface area contributed by atoms with Gasteiger partial charge in [-0.3, -0.25) is 0 Å². The van der Waals surface area contributed by atoms with E-state index in [4.69, 9.17) is 0 Å². The summed E-state index contributed by atoms with van der Waals surface area (Å²) in [4.78, 5) is 0. The van der Waals surface area contributed by atoms with Crippen LogP contribution in [0.1, 0.15) is 43.9 Å². The first kappa shape index (κ1) is 13.5. The van der Waals surface area contributed by atoms with Gasteiger partial charge >= 0.3 is 0 Å². The summed E-state index contributed by atoms with van der Waals surface area (Å²) in [5.41, 5.74) is 2.30. The van der Waals surface area contributed by atoms with Gasteiger partial charge in [0.2, 0.25) is 0 Å².